The van der Waals surface area contributed by atoms with Crippen LogP contribution >= 0.6 is 11.6 Å². The molecule has 0 atom stereocenters. The Hall–Kier alpha value is -2.81. The van der Waals surface area contributed by atoms with E-state index in [1.54, 1.807) is 6.92 Å². The number of amides is 1. The minimum absolute atomic E-state index is 0.0331. The molecule has 1 aliphatic rings. The van der Waals surface area contributed by atoms with E-state index in [-0.39, 0.29) is 18.7 Å². The molecule has 5 nitrogen and oxygen atoms in total. The number of carbonyl (C=O) groups is 1. The van der Waals surface area contributed by atoms with Crippen LogP contribution in [-0.4, -0.2) is 28.9 Å². The van der Waals surface area contributed by atoms with Gasteiger partial charge in [-0.25, -0.2) is 9.37 Å². The summed E-state index contributed by atoms with van der Waals surface area (Å²) in [7, 11) is 0. The van der Waals surface area contributed by atoms with Crippen molar-refractivity contribution in [3.05, 3.63) is 69.4 Å². The summed E-state index contributed by atoms with van der Waals surface area (Å²) in [6, 6.07) is 4.57. The molecule has 1 amide bonds. The molecular formula is C19H17ClF4N4O. The minimum Gasteiger partial charge on any atom is -0.399 e. The van der Waals surface area contributed by atoms with Gasteiger partial charge in [0.25, 0.3) is 5.91 Å². The van der Waals surface area contributed by atoms with Crippen LogP contribution in [0.5, 0.6) is 0 Å². The summed E-state index contributed by atoms with van der Waals surface area (Å²) < 4.78 is 52.4. The third kappa shape index (κ3) is 4.61. The van der Waals surface area contributed by atoms with Crippen LogP contribution < -0.4 is 11.1 Å². The van der Waals surface area contributed by atoms with Crippen molar-refractivity contribution in [2.45, 2.75) is 19.5 Å². The van der Waals surface area contributed by atoms with Crippen molar-refractivity contribution in [3.63, 3.8) is 0 Å². The zero-order valence-corrected chi connectivity index (χ0v) is 16.0. The molecule has 0 saturated heterocycles. The quantitative estimate of drug-likeness (QED) is 0.714. The second-order valence-corrected chi connectivity index (χ2v) is 7.02. The van der Waals surface area contributed by atoms with Crippen molar-refractivity contribution in [1.82, 2.24) is 9.88 Å². The van der Waals surface area contributed by atoms with E-state index in [1.165, 1.54) is 17.0 Å². The summed E-state index contributed by atoms with van der Waals surface area (Å²) in [4.78, 5) is 17.9. The molecule has 154 valence electrons. The Kier molecular flexibility index (Phi) is 5.70. The number of nitrogens with zero attached hydrogens (tertiary/aromatic N) is 2. The molecule has 0 spiro atoms. The number of nitrogens with one attached hydrogen (secondary N) is 1. The smallest absolute Gasteiger partial charge is 0.399 e. The number of anilines is 1. The predicted molar refractivity (Wildman–Crippen MR) is 101 cm³/mol. The first kappa shape index (κ1) is 20.9. The highest BCUT2D eigenvalue weighted by atomic mass is 35.5. The second kappa shape index (κ2) is 7.90. The van der Waals surface area contributed by atoms with Gasteiger partial charge in [-0.2, -0.15) is 13.2 Å². The molecule has 29 heavy (non-hydrogen) atoms. The number of halogens is 5. The third-order valence-corrected chi connectivity index (χ3v) is 4.84. The zero-order chi connectivity index (χ0) is 21.3. The Morgan fingerprint density at radius 2 is 2.03 bits per heavy atom. The fourth-order valence-electron chi connectivity index (χ4n) is 2.92. The lowest BCUT2D eigenvalue weighted by Gasteiger charge is -2.30. The van der Waals surface area contributed by atoms with Gasteiger partial charge in [0, 0.05) is 29.9 Å². The summed E-state index contributed by atoms with van der Waals surface area (Å²) in [5.41, 5.74) is 6.24. The van der Waals surface area contributed by atoms with E-state index in [9.17, 15) is 22.4 Å². The molecule has 0 unspecified atom stereocenters. The van der Waals surface area contributed by atoms with Gasteiger partial charge in [-0.1, -0.05) is 11.6 Å². The number of pyridine rings is 1. The number of hydrogen-bond acceptors (Lipinski definition) is 4. The zero-order valence-electron chi connectivity index (χ0n) is 15.3. The monoisotopic (exact) mass is 428 g/mol. The maximum Gasteiger partial charge on any atom is 0.417 e. The molecule has 3 N–H and O–H groups in total. The molecule has 1 aromatic heterocycles. The van der Waals surface area contributed by atoms with Crippen molar-refractivity contribution in [2.24, 2.45) is 5.73 Å². The van der Waals surface area contributed by atoms with E-state index in [1.807, 2.05) is 0 Å². The summed E-state index contributed by atoms with van der Waals surface area (Å²) in [5.74, 6) is -0.599. The van der Waals surface area contributed by atoms with Crippen molar-refractivity contribution in [1.29, 1.82) is 0 Å². The number of nitrogens with two attached hydrogens (primary N) is 1. The molecule has 0 saturated carbocycles. The van der Waals surface area contributed by atoms with Crippen molar-refractivity contribution >= 4 is 23.3 Å². The maximum atomic E-state index is 13.3. The number of carbonyl (C=O) groups excluding carboxylic acids is 1. The number of aryl methyl sites for hydroxylation is 1. The predicted octanol–water partition coefficient (Wildman–Crippen LogP) is 4.33. The molecule has 0 bridgehead atoms. The lowest BCUT2D eigenvalue weighted by molar-refractivity contribution is -0.137. The average Bonchev–Trinajstić information content (AvgIpc) is 2.65. The van der Waals surface area contributed by atoms with Gasteiger partial charge in [0.1, 0.15) is 11.6 Å². The van der Waals surface area contributed by atoms with E-state index < -0.39 is 28.5 Å². The van der Waals surface area contributed by atoms with Crippen LogP contribution in [0.4, 0.5) is 23.4 Å². The largest absolute Gasteiger partial charge is 0.417 e. The average molecular weight is 429 g/mol. The summed E-state index contributed by atoms with van der Waals surface area (Å²) in [6.45, 7) is 1.87. The fourth-order valence-corrected chi connectivity index (χ4v) is 3.15. The van der Waals surface area contributed by atoms with Gasteiger partial charge in [0.15, 0.2) is 0 Å². The molecular weight excluding hydrogens is 412 g/mol. The Balaban J connectivity index is 1.76. The number of benzene rings is 1. The molecule has 0 fully saturated rings. The van der Waals surface area contributed by atoms with Crippen molar-refractivity contribution in [3.8, 4) is 0 Å². The molecule has 1 aliphatic heterocycles. The highest BCUT2D eigenvalue weighted by molar-refractivity contribution is 6.31. The highest BCUT2D eigenvalue weighted by Crippen LogP contribution is 2.35. The van der Waals surface area contributed by atoms with Crippen molar-refractivity contribution < 1.29 is 22.4 Å². The summed E-state index contributed by atoms with van der Waals surface area (Å²) >= 11 is 5.60. The Bertz CT molecular complexity index is 991. The van der Waals surface area contributed by atoms with Crippen LogP contribution in [0.1, 0.15) is 27.9 Å². The topological polar surface area (TPSA) is 71.2 Å². The highest BCUT2D eigenvalue weighted by Gasteiger charge is 2.34. The van der Waals surface area contributed by atoms with Gasteiger partial charge in [0.2, 0.25) is 0 Å². The molecule has 0 radical (unpaired) electrons. The van der Waals surface area contributed by atoms with Gasteiger partial charge in [-0.3, -0.25) is 4.79 Å². The first-order chi connectivity index (χ1) is 13.6. The number of rotatable bonds is 3. The van der Waals surface area contributed by atoms with Gasteiger partial charge >= 0.3 is 6.18 Å². The first-order valence-corrected chi connectivity index (χ1v) is 8.96. The standard InChI is InChI=1S/C19H17ClF4N4O/c1-10-6-17(26-8-14(10)21)27-16-4-5-28(9-15(16)25)18(29)11-2-3-13(20)12(7-11)19(22,23)24/h2-3,6-8H,4-5,9,25H2,1H3,(H,26,27). The van der Waals surface area contributed by atoms with Crippen LogP contribution in [0.2, 0.25) is 5.02 Å². The van der Waals surface area contributed by atoms with Gasteiger partial charge in [-0.15, -0.1) is 0 Å². The Morgan fingerprint density at radius 3 is 2.66 bits per heavy atom. The van der Waals surface area contributed by atoms with E-state index in [2.05, 4.69) is 10.3 Å². The van der Waals surface area contributed by atoms with Crippen LogP contribution in [0.25, 0.3) is 0 Å². The van der Waals surface area contributed by atoms with E-state index in [0.29, 0.717) is 29.2 Å². The van der Waals surface area contributed by atoms with Crippen LogP contribution in [0, 0.1) is 12.7 Å². The van der Waals surface area contributed by atoms with Gasteiger partial charge < -0.3 is 16.0 Å². The van der Waals surface area contributed by atoms with Gasteiger partial charge in [0.05, 0.1) is 23.3 Å². The van der Waals surface area contributed by atoms with Crippen LogP contribution in [0.15, 0.2) is 41.9 Å². The first-order valence-electron chi connectivity index (χ1n) is 8.59. The van der Waals surface area contributed by atoms with Gasteiger partial charge in [-0.05, 0) is 36.8 Å². The molecule has 3 rings (SSSR count). The maximum absolute atomic E-state index is 13.3. The third-order valence-electron chi connectivity index (χ3n) is 4.51. The Labute approximate surface area is 169 Å². The lowest BCUT2D eigenvalue weighted by atomic mass is 10.1. The van der Waals surface area contributed by atoms with Crippen LogP contribution in [-0.2, 0) is 6.18 Å². The Morgan fingerprint density at radius 1 is 1.31 bits per heavy atom. The molecule has 1 aromatic carbocycles. The van der Waals surface area contributed by atoms with E-state index in [0.717, 1.165) is 18.3 Å². The molecule has 2 heterocycles. The second-order valence-electron chi connectivity index (χ2n) is 6.62. The van der Waals surface area contributed by atoms with E-state index >= 15 is 0 Å². The number of aromatic nitrogens is 1. The van der Waals surface area contributed by atoms with Crippen LogP contribution in [0.3, 0.4) is 0 Å². The SMILES string of the molecule is Cc1cc(NC2=C(N)CN(C(=O)c3ccc(Cl)c(C(F)(F)F)c3)CC2)ncc1F. The summed E-state index contributed by atoms with van der Waals surface area (Å²) in [5, 5.41) is 2.54. The van der Waals surface area contributed by atoms with Crippen molar-refractivity contribution in [2.75, 3.05) is 18.4 Å². The minimum atomic E-state index is -4.66. The lowest BCUT2D eigenvalue weighted by Crippen LogP contribution is -2.40. The number of alkyl halides is 3. The molecule has 10 heteroatoms. The molecule has 2 aromatic rings. The number of hydrogen-bond donors (Lipinski definition) is 2. The fraction of sp³-hybridized carbons (Fsp3) is 0.263. The van der Waals surface area contributed by atoms with E-state index in [4.69, 9.17) is 17.3 Å². The summed E-state index contributed by atoms with van der Waals surface area (Å²) in [6.07, 6.45) is -3.23. The normalized spacial score (nSPS) is 14.9. The molecule has 0 aliphatic carbocycles.